The Labute approximate surface area is 76.2 Å². The molecule has 1 aromatic rings. The average Bonchev–Trinajstić information content (AvgIpc) is 2.58. The molecule has 1 unspecified atom stereocenters. The van der Waals surface area contributed by atoms with Gasteiger partial charge in [-0.05, 0) is 0 Å². The van der Waals surface area contributed by atoms with E-state index >= 15 is 0 Å². The number of hydrogen-bond acceptors (Lipinski definition) is 3. The molecule has 0 aliphatic carbocycles. The molecule has 2 N–H and O–H groups in total. The minimum Gasteiger partial charge on any atom is -0.326 e. The topological polar surface area (TPSA) is 64.2 Å². The highest BCUT2D eigenvalue weighted by molar-refractivity contribution is 5.94. The number of aryl methyl sites for hydroxylation is 1. The third-order valence-electron chi connectivity index (χ3n) is 2.19. The molecule has 1 fully saturated rings. The van der Waals surface area contributed by atoms with E-state index in [0.717, 1.165) is 0 Å². The first-order valence-electron chi connectivity index (χ1n) is 4.22. The highest BCUT2D eigenvalue weighted by Gasteiger charge is 2.30. The second-order valence-corrected chi connectivity index (χ2v) is 3.31. The number of amides is 1. The maximum atomic E-state index is 11.4. The molecule has 0 spiro atoms. The summed E-state index contributed by atoms with van der Waals surface area (Å²) in [5.74, 6) is 0.736. The Hall–Kier alpha value is -1.36. The number of aromatic nitrogens is 2. The number of rotatable bonds is 1. The Bertz CT molecular complexity index is 333. The van der Waals surface area contributed by atoms with Crippen LogP contribution in [0.3, 0.4) is 0 Å². The number of hydrogen-bond donors (Lipinski definition) is 1. The Balaban J connectivity index is 2.27. The van der Waals surface area contributed by atoms with Gasteiger partial charge >= 0.3 is 0 Å². The fourth-order valence-corrected chi connectivity index (χ4v) is 1.55. The molecule has 2 heterocycles. The van der Waals surface area contributed by atoms with E-state index in [1.54, 1.807) is 11.1 Å². The van der Waals surface area contributed by atoms with E-state index < -0.39 is 0 Å². The summed E-state index contributed by atoms with van der Waals surface area (Å²) >= 11 is 0. The second-order valence-electron chi connectivity index (χ2n) is 3.31. The fourth-order valence-electron chi connectivity index (χ4n) is 1.55. The zero-order valence-electron chi connectivity index (χ0n) is 7.47. The molecule has 5 heteroatoms. The SMILES string of the molecule is Cn1ccnc1N1CC(N)CC1=O. The summed E-state index contributed by atoms with van der Waals surface area (Å²) in [6.45, 7) is 0.573. The van der Waals surface area contributed by atoms with Gasteiger partial charge in [0.25, 0.3) is 0 Å². The van der Waals surface area contributed by atoms with Crippen molar-refractivity contribution in [2.24, 2.45) is 12.8 Å². The first-order chi connectivity index (χ1) is 6.18. The summed E-state index contributed by atoms with van der Waals surface area (Å²) in [5, 5.41) is 0. The molecule has 13 heavy (non-hydrogen) atoms. The van der Waals surface area contributed by atoms with E-state index in [4.69, 9.17) is 5.73 Å². The predicted octanol–water partition coefficient (Wildman–Crippen LogP) is -0.516. The van der Waals surface area contributed by atoms with Gasteiger partial charge in [-0.2, -0.15) is 0 Å². The molecule has 0 saturated carbocycles. The van der Waals surface area contributed by atoms with Crippen LogP contribution in [0.1, 0.15) is 6.42 Å². The normalized spacial score (nSPS) is 22.8. The minimum absolute atomic E-state index is 0.0517. The molecule has 1 atom stereocenters. The van der Waals surface area contributed by atoms with E-state index in [0.29, 0.717) is 18.9 Å². The third kappa shape index (κ3) is 1.31. The summed E-state index contributed by atoms with van der Waals surface area (Å²) in [4.78, 5) is 17.2. The van der Waals surface area contributed by atoms with Crippen molar-refractivity contribution < 1.29 is 4.79 Å². The molecular weight excluding hydrogens is 168 g/mol. The van der Waals surface area contributed by atoms with Crippen LogP contribution in [-0.2, 0) is 11.8 Å². The molecule has 1 saturated heterocycles. The Kier molecular flexibility index (Phi) is 1.81. The first kappa shape index (κ1) is 8.25. The van der Waals surface area contributed by atoms with Crippen molar-refractivity contribution in [3.05, 3.63) is 12.4 Å². The van der Waals surface area contributed by atoms with Gasteiger partial charge in [-0.25, -0.2) is 4.98 Å². The van der Waals surface area contributed by atoms with Crippen LogP contribution in [0.5, 0.6) is 0 Å². The van der Waals surface area contributed by atoms with E-state index in [-0.39, 0.29) is 11.9 Å². The number of carbonyl (C=O) groups excluding carboxylic acids is 1. The van der Waals surface area contributed by atoms with E-state index in [2.05, 4.69) is 4.98 Å². The summed E-state index contributed by atoms with van der Waals surface area (Å²) in [5.41, 5.74) is 5.67. The van der Waals surface area contributed by atoms with Crippen LogP contribution in [0.25, 0.3) is 0 Å². The molecular formula is C8H12N4O. The van der Waals surface area contributed by atoms with Gasteiger partial charge in [0, 0.05) is 38.4 Å². The molecule has 5 nitrogen and oxygen atoms in total. The van der Waals surface area contributed by atoms with Gasteiger partial charge in [0.15, 0.2) is 0 Å². The lowest BCUT2D eigenvalue weighted by molar-refractivity contribution is -0.117. The van der Waals surface area contributed by atoms with Crippen LogP contribution in [0.4, 0.5) is 5.95 Å². The lowest BCUT2D eigenvalue weighted by Gasteiger charge is -2.14. The minimum atomic E-state index is -0.0517. The molecule has 1 aliphatic rings. The molecule has 1 amide bonds. The Morgan fingerprint density at radius 2 is 2.46 bits per heavy atom. The van der Waals surface area contributed by atoms with Crippen molar-refractivity contribution in [3.63, 3.8) is 0 Å². The van der Waals surface area contributed by atoms with Crippen LogP contribution >= 0.6 is 0 Å². The van der Waals surface area contributed by atoms with Gasteiger partial charge in [0.1, 0.15) is 0 Å². The fraction of sp³-hybridized carbons (Fsp3) is 0.500. The second kappa shape index (κ2) is 2.85. The van der Waals surface area contributed by atoms with E-state index in [1.807, 2.05) is 17.8 Å². The molecule has 0 aromatic carbocycles. The highest BCUT2D eigenvalue weighted by Crippen LogP contribution is 2.17. The van der Waals surface area contributed by atoms with Gasteiger partial charge in [0.05, 0.1) is 0 Å². The summed E-state index contributed by atoms with van der Waals surface area (Å²) in [6, 6.07) is -0.0517. The molecule has 2 rings (SSSR count). The Morgan fingerprint density at radius 3 is 2.92 bits per heavy atom. The number of anilines is 1. The van der Waals surface area contributed by atoms with Crippen molar-refractivity contribution in [1.82, 2.24) is 9.55 Å². The number of nitrogens with zero attached hydrogens (tertiary/aromatic N) is 3. The summed E-state index contributed by atoms with van der Waals surface area (Å²) < 4.78 is 1.82. The summed E-state index contributed by atoms with van der Waals surface area (Å²) in [6.07, 6.45) is 3.91. The van der Waals surface area contributed by atoms with Crippen LogP contribution in [0.2, 0.25) is 0 Å². The van der Waals surface area contributed by atoms with Gasteiger partial charge in [-0.3, -0.25) is 9.69 Å². The maximum Gasteiger partial charge on any atom is 0.230 e. The van der Waals surface area contributed by atoms with Crippen molar-refractivity contribution in [2.45, 2.75) is 12.5 Å². The lowest BCUT2D eigenvalue weighted by atomic mass is 10.3. The zero-order valence-corrected chi connectivity index (χ0v) is 7.47. The van der Waals surface area contributed by atoms with Crippen molar-refractivity contribution in [3.8, 4) is 0 Å². The van der Waals surface area contributed by atoms with Crippen LogP contribution < -0.4 is 10.6 Å². The molecule has 1 aliphatic heterocycles. The third-order valence-corrected chi connectivity index (χ3v) is 2.19. The van der Waals surface area contributed by atoms with Gasteiger partial charge in [0.2, 0.25) is 11.9 Å². The van der Waals surface area contributed by atoms with E-state index in [9.17, 15) is 4.79 Å². The zero-order chi connectivity index (χ0) is 9.42. The largest absolute Gasteiger partial charge is 0.326 e. The standard InChI is InChI=1S/C8H12N4O/c1-11-3-2-10-8(11)12-5-6(9)4-7(12)13/h2-3,6H,4-5,9H2,1H3. The quantitative estimate of drug-likeness (QED) is 0.632. The average molecular weight is 180 g/mol. The Morgan fingerprint density at radius 1 is 1.69 bits per heavy atom. The molecule has 0 bridgehead atoms. The van der Waals surface area contributed by atoms with Crippen molar-refractivity contribution >= 4 is 11.9 Å². The lowest BCUT2D eigenvalue weighted by Crippen LogP contribution is -2.29. The summed E-state index contributed by atoms with van der Waals surface area (Å²) in [7, 11) is 1.86. The molecule has 0 radical (unpaired) electrons. The number of imidazole rings is 1. The van der Waals surface area contributed by atoms with E-state index in [1.165, 1.54) is 0 Å². The van der Waals surface area contributed by atoms with Crippen LogP contribution in [0.15, 0.2) is 12.4 Å². The van der Waals surface area contributed by atoms with Crippen molar-refractivity contribution in [2.75, 3.05) is 11.4 Å². The van der Waals surface area contributed by atoms with Crippen LogP contribution in [0, 0.1) is 0 Å². The van der Waals surface area contributed by atoms with Gasteiger partial charge in [-0.1, -0.05) is 0 Å². The molecule has 70 valence electrons. The predicted molar refractivity (Wildman–Crippen MR) is 48.2 cm³/mol. The monoisotopic (exact) mass is 180 g/mol. The number of carbonyl (C=O) groups is 1. The van der Waals surface area contributed by atoms with Crippen molar-refractivity contribution in [1.29, 1.82) is 0 Å². The van der Waals surface area contributed by atoms with Gasteiger partial charge < -0.3 is 10.3 Å². The maximum absolute atomic E-state index is 11.4. The first-order valence-corrected chi connectivity index (χ1v) is 4.22. The highest BCUT2D eigenvalue weighted by atomic mass is 16.2. The smallest absolute Gasteiger partial charge is 0.230 e. The van der Waals surface area contributed by atoms with Crippen LogP contribution in [-0.4, -0.2) is 28.0 Å². The molecule has 1 aromatic heterocycles. The van der Waals surface area contributed by atoms with Gasteiger partial charge in [-0.15, -0.1) is 0 Å². The number of nitrogens with two attached hydrogens (primary N) is 1.